The van der Waals surface area contributed by atoms with Crippen molar-refractivity contribution in [2.24, 2.45) is 0 Å². The van der Waals surface area contributed by atoms with Crippen LogP contribution in [-0.4, -0.2) is 70.0 Å². The van der Waals surface area contributed by atoms with E-state index in [1.807, 2.05) is 21.1 Å². The lowest BCUT2D eigenvalue weighted by Crippen LogP contribution is -2.37. The molecule has 0 aliphatic heterocycles. The van der Waals surface area contributed by atoms with Crippen molar-refractivity contribution in [3.63, 3.8) is 0 Å². The van der Waals surface area contributed by atoms with Gasteiger partial charge >= 0.3 is 11.9 Å². The molecule has 0 aliphatic rings. The highest BCUT2D eigenvalue weighted by atomic mass is 31.2. The Bertz CT molecular complexity index is 1100. The molecule has 1 unspecified atom stereocenters. The summed E-state index contributed by atoms with van der Waals surface area (Å²) >= 11 is 0. The first-order valence-electron chi connectivity index (χ1n) is 22.3. The molecule has 0 spiro atoms. The number of likely N-dealkylation sites (N-methyl/N-ethyl adjacent to an activating group) is 1. The van der Waals surface area contributed by atoms with Crippen molar-refractivity contribution in [3.05, 3.63) is 48.6 Å². The molecule has 9 nitrogen and oxygen atoms in total. The van der Waals surface area contributed by atoms with E-state index in [0.717, 1.165) is 57.8 Å². The third-order valence-electron chi connectivity index (χ3n) is 9.32. The summed E-state index contributed by atoms with van der Waals surface area (Å²) in [6.45, 7) is 4.14. The molecule has 0 aromatic rings. The standard InChI is InChI=1S/C46H84NO8P/c1-6-8-10-12-14-16-18-20-22-23-25-27-29-31-33-35-37-39-46(49)55-44(43-54-56(50,51)53-41-40-47(3,4)5)42-52-45(48)38-36-34-32-30-28-26-24-21-19-17-15-13-11-9-7-2/h14,16,20,22,25,27-28,30,44H,6-13,15,17-19,21,23-24,26,29,31-43H2,1-5H3/b16-14+,22-20+,27-25+,30-28+/t44-/m1/s1. The van der Waals surface area contributed by atoms with Crippen LogP contribution in [0, 0.1) is 0 Å². The topological polar surface area (TPSA) is 111 Å². The molecule has 56 heavy (non-hydrogen) atoms. The highest BCUT2D eigenvalue weighted by Gasteiger charge is 2.21. The van der Waals surface area contributed by atoms with Crippen molar-refractivity contribution < 1.29 is 42.1 Å². The molecule has 10 heteroatoms. The van der Waals surface area contributed by atoms with Crippen LogP contribution < -0.4 is 4.89 Å². The summed E-state index contributed by atoms with van der Waals surface area (Å²) in [6, 6.07) is 0. The van der Waals surface area contributed by atoms with Gasteiger partial charge in [0.25, 0.3) is 7.82 Å². The average molecular weight is 810 g/mol. The maximum absolute atomic E-state index is 12.7. The molecule has 326 valence electrons. The first kappa shape index (κ1) is 54.0. The molecule has 0 N–H and O–H groups in total. The van der Waals surface area contributed by atoms with Crippen LogP contribution in [0.2, 0.25) is 0 Å². The van der Waals surface area contributed by atoms with Crippen LogP contribution in [0.3, 0.4) is 0 Å². The van der Waals surface area contributed by atoms with E-state index in [2.05, 4.69) is 62.5 Å². The van der Waals surface area contributed by atoms with Crippen LogP contribution in [0.1, 0.15) is 181 Å². The lowest BCUT2D eigenvalue weighted by atomic mass is 10.1. The maximum atomic E-state index is 12.7. The van der Waals surface area contributed by atoms with Gasteiger partial charge in [-0.25, -0.2) is 0 Å². The third kappa shape index (κ3) is 41.6. The van der Waals surface area contributed by atoms with Gasteiger partial charge in [-0.05, 0) is 77.0 Å². The first-order valence-corrected chi connectivity index (χ1v) is 23.8. The number of unbranched alkanes of at least 4 members (excludes halogenated alkanes) is 18. The third-order valence-corrected chi connectivity index (χ3v) is 10.3. The number of quaternary nitrogens is 1. The second kappa shape index (κ2) is 38.5. The van der Waals surface area contributed by atoms with E-state index in [4.69, 9.17) is 18.5 Å². The molecule has 0 saturated heterocycles. The van der Waals surface area contributed by atoms with E-state index >= 15 is 0 Å². The molecular formula is C46H84NO8P. The summed E-state index contributed by atoms with van der Waals surface area (Å²) in [5.74, 6) is -0.886. The molecule has 0 rings (SSSR count). The molecule has 0 saturated carbocycles. The zero-order chi connectivity index (χ0) is 41.4. The molecule has 0 aromatic heterocycles. The van der Waals surface area contributed by atoms with Crippen molar-refractivity contribution >= 4 is 19.8 Å². The number of carbonyl (C=O) groups is 2. The van der Waals surface area contributed by atoms with Crippen LogP contribution in [0.4, 0.5) is 0 Å². The second-order valence-electron chi connectivity index (χ2n) is 16.1. The fraction of sp³-hybridized carbons (Fsp3) is 0.783. The smallest absolute Gasteiger partial charge is 0.306 e. The molecular weight excluding hydrogens is 725 g/mol. The maximum Gasteiger partial charge on any atom is 0.306 e. The number of esters is 2. The lowest BCUT2D eigenvalue weighted by Gasteiger charge is -2.28. The van der Waals surface area contributed by atoms with Gasteiger partial charge < -0.3 is 27.9 Å². The van der Waals surface area contributed by atoms with Crippen molar-refractivity contribution in [3.8, 4) is 0 Å². The molecule has 2 atom stereocenters. The highest BCUT2D eigenvalue weighted by Crippen LogP contribution is 2.38. The number of phosphoric acid groups is 1. The van der Waals surface area contributed by atoms with Gasteiger partial charge in [-0.3, -0.25) is 14.2 Å². The highest BCUT2D eigenvalue weighted by molar-refractivity contribution is 7.45. The van der Waals surface area contributed by atoms with Crippen molar-refractivity contribution in [2.75, 3.05) is 47.5 Å². The molecule has 0 aromatic carbocycles. The number of ether oxygens (including phenoxy) is 2. The Balaban J connectivity index is 4.43. The summed E-state index contributed by atoms with van der Waals surface area (Å²) < 4.78 is 33.8. The Morgan fingerprint density at radius 2 is 0.964 bits per heavy atom. The summed E-state index contributed by atoms with van der Waals surface area (Å²) in [4.78, 5) is 37.5. The minimum atomic E-state index is -4.64. The van der Waals surface area contributed by atoms with E-state index in [1.165, 1.54) is 83.5 Å². The van der Waals surface area contributed by atoms with E-state index in [9.17, 15) is 19.0 Å². The van der Waals surface area contributed by atoms with E-state index in [0.29, 0.717) is 23.9 Å². The number of carbonyl (C=O) groups excluding carboxylic acids is 2. The fourth-order valence-electron chi connectivity index (χ4n) is 5.77. The van der Waals surface area contributed by atoms with Crippen LogP contribution in [0.15, 0.2) is 48.6 Å². The van der Waals surface area contributed by atoms with Gasteiger partial charge in [0.2, 0.25) is 0 Å². The van der Waals surface area contributed by atoms with Crippen LogP contribution in [0.5, 0.6) is 0 Å². The molecule has 0 radical (unpaired) electrons. The van der Waals surface area contributed by atoms with Crippen molar-refractivity contribution in [2.45, 2.75) is 187 Å². The Labute approximate surface area is 343 Å². The van der Waals surface area contributed by atoms with Crippen LogP contribution in [0.25, 0.3) is 0 Å². The Morgan fingerprint density at radius 3 is 1.52 bits per heavy atom. The van der Waals surface area contributed by atoms with Crippen LogP contribution >= 0.6 is 7.82 Å². The van der Waals surface area contributed by atoms with Gasteiger partial charge in [-0.2, -0.15) is 0 Å². The number of nitrogens with zero attached hydrogens (tertiary/aromatic N) is 1. The Hall–Kier alpha value is -2.03. The van der Waals surface area contributed by atoms with Crippen molar-refractivity contribution in [1.29, 1.82) is 0 Å². The first-order chi connectivity index (χ1) is 27.0. The molecule has 0 fully saturated rings. The number of rotatable bonds is 40. The van der Waals surface area contributed by atoms with E-state index in [-0.39, 0.29) is 26.1 Å². The van der Waals surface area contributed by atoms with Gasteiger partial charge in [0.05, 0.1) is 27.7 Å². The minimum Gasteiger partial charge on any atom is -0.756 e. The zero-order valence-corrected chi connectivity index (χ0v) is 37.5. The number of phosphoric ester groups is 1. The molecule has 0 bridgehead atoms. The minimum absolute atomic E-state index is 0.0396. The van der Waals surface area contributed by atoms with Gasteiger partial charge in [0.15, 0.2) is 6.10 Å². The number of hydrogen-bond acceptors (Lipinski definition) is 8. The summed E-state index contributed by atoms with van der Waals surface area (Å²) in [7, 11) is 1.14. The summed E-state index contributed by atoms with van der Waals surface area (Å²) in [5.41, 5.74) is 0. The van der Waals surface area contributed by atoms with Crippen molar-refractivity contribution in [1.82, 2.24) is 0 Å². The Kier molecular flexibility index (Phi) is 37.1. The zero-order valence-electron chi connectivity index (χ0n) is 36.6. The fourth-order valence-corrected chi connectivity index (χ4v) is 6.50. The van der Waals surface area contributed by atoms with Gasteiger partial charge in [-0.1, -0.05) is 140 Å². The van der Waals surface area contributed by atoms with Crippen LogP contribution in [-0.2, 0) is 32.7 Å². The predicted molar refractivity (Wildman–Crippen MR) is 231 cm³/mol. The number of allylic oxidation sites excluding steroid dienone is 8. The second-order valence-corrected chi connectivity index (χ2v) is 17.5. The normalized spacial score (nSPS) is 14.0. The largest absolute Gasteiger partial charge is 0.756 e. The SMILES string of the molecule is CCCCC/C=C/C/C=C/C/C=C/CCCCCCC(=O)O[C@H](COC(=O)CCCC/C=C/CCCCCCCCCCC)COP(=O)([O-])OCC[N+](C)(C)C. The predicted octanol–water partition coefficient (Wildman–Crippen LogP) is 12.1. The lowest BCUT2D eigenvalue weighted by molar-refractivity contribution is -0.870. The summed E-state index contributed by atoms with van der Waals surface area (Å²) in [6.07, 6.45) is 44.2. The monoisotopic (exact) mass is 810 g/mol. The molecule has 0 amide bonds. The van der Waals surface area contributed by atoms with Gasteiger partial charge in [-0.15, -0.1) is 0 Å². The van der Waals surface area contributed by atoms with E-state index < -0.39 is 32.5 Å². The van der Waals surface area contributed by atoms with Gasteiger partial charge in [0, 0.05) is 12.8 Å². The summed E-state index contributed by atoms with van der Waals surface area (Å²) in [5, 5.41) is 0. The van der Waals surface area contributed by atoms with E-state index in [1.54, 1.807) is 0 Å². The quantitative estimate of drug-likeness (QED) is 0.0198. The Morgan fingerprint density at radius 1 is 0.554 bits per heavy atom. The number of hydrogen-bond donors (Lipinski definition) is 0. The molecule has 0 aliphatic carbocycles. The average Bonchev–Trinajstić information content (AvgIpc) is 3.15. The van der Waals surface area contributed by atoms with Gasteiger partial charge in [0.1, 0.15) is 19.8 Å². The molecule has 0 heterocycles.